The van der Waals surface area contributed by atoms with Crippen LogP contribution in [0.3, 0.4) is 0 Å². The molecule has 1 amide bonds. The molecule has 0 aromatic carbocycles. The number of guanidine groups is 1. The number of aromatic nitrogens is 2. The molecule has 0 aliphatic heterocycles. The molecule has 0 spiro atoms. The molecule has 0 bridgehead atoms. The summed E-state index contributed by atoms with van der Waals surface area (Å²) >= 11 is 0. The predicted molar refractivity (Wildman–Crippen MR) is 92.7 cm³/mol. The maximum atomic E-state index is 11.7. The SMILES string of the molecule is CCOC(=O)NC(CNC(=NC)N(C)Cc1cnn(C)c1)C1CC1. The number of hydrogen-bond donors (Lipinski definition) is 2. The Hall–Kier alpha value is -2.25. The van der Waals surface area contributed by atoms with E-state index < -0.39 is 0 Å². The Bertz CT molecular complexity index is 567. The fourth-order valence-corrected chi connectivity index (χ4v) is 2.65. The van der Waals surface area contributed by atoms with Crippen LogP contribution in [0.5, 0.6) is 0 Å². The number of ether oxygens (including phenoxy) is 1. The van der Waals surface area contributed by atoms with E-state index in [1.807, 2.05) is 31.4 Å². The minimum atomic E-state index is -0.352. The van der Waals surface area contributed by atoms with Gasteiger partial charge in [-0.1, -0.05) is 0 Å². The van der Waals surface area contributed by atoms with E-state index in [2.05, 4.69) is 20.7 Å². The highest BCUT2D eigenvalue weighted by Gasteiger charge is 2.32. The second-order valence-electron chi connectivity index (χ2n) is 6.12. The molecule has 1 aromatic rings. The Morgan fingerprint density at radius 1 is 1.58 bits per heavy atom. The van der Waals surface area contributed by atoms with Crippen LogP contribution in [0.15, 0.2) is 17.4 Å². The number of rotatable bonds is 7. The van der Waals surface area contributed by atoms with E-state index in [9.17, 15) is 4.79 Å². The van der Waals surface area contributed by atoms with Gasteiger partial charge in [-0.25, -0.2) is 4.79 Å². The molecular formula is C16H28N6O2. The van der Waals surface area contributed by atoms with Crippen molar-refractivity contribution in [3.8, 4) is 0 Å². The van der Waals surface area contributed by atoms with Crippen LogP contribution in [0.2, 0.25) is 0 Å². The number of carbonyl (C=O) groups excluding carboxylic acids is 1. The molecule has 8 nitrogen and oxygen atoms in total. The highest BCUT2D eigenvalue weighted by molar-refractivity contribution is 5.79. The third-order valence-corrected chi connectivity index (χ3v) is 4.00. The molecule has 1 aliphatic rings. The summed E-state index contributed by atoms with van der Waals surface area (Å²) < 4.78 is 6.77. The van der Waals surface area contributed by atoms with Gasteiger partial charge < -0.3 is 20.3 Å². The van der Waals surface area contributed by atoms with Crippen molar-refractivity contribution in [3.05, 3.63) is 18.0 Å². The van der Waals surface area contributed by atoms with Gasteiger partial charge in [0, 0.05) is 46.0 Å². The van der Waals surface area contributed by atoms with Crippen molar-refractivity contribution in [2.75, 3.05) is 27.2 Å². The van der Waals surface area contributed by atoms with Gasteiger partial charge in [-0.05, 0) is 25.7 Å². The number of aryl methyl sites for hydroxylation is 1. The van der Waals surface area contributed by atoms with Crippen LogP contribution in [-0.2, 0) is 18.3 Å². The van der Waals surface area contributed by atoms with Crippen molar-refractivity contribution < 1.29 is 9.53 Å². The number of amides is 1. The Kier molecular flexibility index (Phi) is 6.45. The normalized spacial score (nSPS) is 15.8. The molecule has 8 heteroatoms. The fraction of sp³-hybridized carbons (Fsp3) is 0.688. The lowest BCUT2D eigenvalue weighted by atomic mass is 10.2. The van der Waals surface area contributed by atoms with Gasteiger partial charge in [-0.2, -0.15) is 5.10 Å². The summed E-state index contributed by atoms with van der Waals surface area (Å²) in [6.45, 7) is 3.53. The van der Waals surface area contributed by atoms with Crippen LogP contribution >= 0.6 is 0 Å². The predicted octanol–water partition coefficient (Wildman–Crippen LogP) is 0.952. The Morgan fingerprint density at radius 3 is 2.88 bits per heavy atom. The van der Waals surface area contributed by atoms with Gasteiger partial charge in [0.2, 0.25) is 0 Å². The smallest absolute Gasteiger partial charge is 0.407 e. The lowest BCUT2D eigenvalue weighted by Gasteiger charge is -2.24. The quantitative estimate of drug-likeness (QED) is 0.572. The number of alkyl carbamates (subject to hydrolysis) is 1. The van der Waals surface area contributed by atoms with Gasteiger partial charge in [0.05, 0.1) is 18.8 Å². The summed E-state index contributed by atoms with van der Waals surface area (Å²) in [6.07, 6.45) is 5.76. The Morgan fingerprint density at radius 2 is 2.33 bits per heavy atom. The van der Waals surface area contributed by atoms with E-state index in [-0.39, 0.29) is 12.1 Å². The molecule has 0 radical (unpaired) electrons. The highest BCUT2D eigenvalue weighted by Crippen LogP contribution is 2.32. The minimum Gasteiger partial charge on any atom is -0.450 e. The molecule has 1 fully saturated rings. The molecule has 1 heterocycles. The molecule has 1 unspecified atom stereocenters. The average molecular weight is 336 g/mol. The molecule has 1 aliphatic carbocycles. The first kappa shape index (κ1) is 18.1. The lowest BCUT2D eigenvalue weighted by Crippen LogP contribution is -2.48. The number of nitrogens with one attached hydrogen (secondary N) is 2. The van der Waals surface area contributed by atoms with Crippen LogP contribution in [0.1, 0.15) is 25.3 Å². The second kappa shape index (κ2) is 8.56. The minimum absolute atomic E-state index is 0.0626. The van der Waals surface area contributed by atoms with Gasteiger partial charge >= 0.3 is 6.09 Å². The molecule has 2 N–H and O–H groups in total. The Balaban J connectivity index is 1.85. The molecule has 0 saturated heterocycles. The number of carbonyl (C=O) groups is 1. The largest absolute Gasteiger partial charge is 0.450 e. The van der Waals surface area contributed by atoms with Crippen molar-refractivity contribution in [3.63, 3.8) is 0 Å². The first-order valence-electron chi connectivity index (χ1n) is 8.36. The third kappa shape index (κ3) is 5.43. The van der Waals surface area contributed by atoms with Crippen LogP contribution in [0.25, 0.3) is 0 Å². The zero-order valence-electron chi connectivity index (χ0n) is 15.0. The first-order chi connectivity index (χ1) is 11.5. The van der Waals surface area contributed by atoms with Gasteiger partial charge in [-0.3, -0.25) is 9.67 Å². The van der Waals surface area contributed by atoms with Crippen molar-refractivity contribution in [1.82, 2.24) is 25.3 Å². The molecule has 1 saturated carbocycles. The standard InChI is InChI=1S/C16H28N6O2/c1-5-24-16(23)20-14(13-6-7-13)9-18-15(17-2)21(3)10-12-8-19-22(4)11-12/h8,11,13-14H,5-7,9-10H2,1-4H3,(H,17,18)(H,20,23). The summed E-state index contributed by atoms with van der Waals surface area (Å²) in [5.41, 5.74) is 1.12. The summed E-state index contributed by atoms with van der Waals surface area (Å²) in [7, 11) is 5.64. The van der Waals surface area contributed by atoms with Crippen LogP contribution in [0.4, 0.5) is 4.79 Å². The van der Waals surface area contributed by atoms with Gasteiger partial charge in [0.25, 0.3) is 0 Å². The van der Waals surface area contributed by atoms with Crippen LogP contribution in [-0.4, -0.2) is 60.0 Å². The Labute approximate surface area is 143 Å². The number of nitrogens with zero attached hydrogens (tertiary/aromatic N) is 4. The molecule has 1 aromatic heterocycles. The van der Waals surface area contributed by atoms with Gasteiger partial charge in [-0.15, -0.1) is 0 Å². The monoisotopic (exact) mass is 336 g/mol. The summed E-state index contributed by atoms with van der Waals surface area (Å²) in [4.78, 5) is 18.0. The second-order valence-corrected chi connectivity index (χ2v) is 6.12. The van der Waals surface area contributed by atoms with Crippen molar-refractivity contribution in [1.29, 1.82) is 0 Å². The van der Waals surface area contributed by atoms with E-state index in [1.54, 1.807) is 18.7 Å². The number of aliphatic imine (C=N–C) groups is 1. The van der Waals surface area contributed by atoms with Crippen molar-refractivity contribution >= 4 is 12.1 Å². The third-order valence-electron chi connectivity index (χ3n) is 4.00. The molecular weight excluding hydrogens is 308 g/mol. The van der Waals surface area contributed by atoms with E-state index in [4.69, 9.17) is 4.74 Å². The highest BCUT2D eigenvalue weighted by atomic mass is 16.5. The fourth-order valence-electron chi connectivity index (χ4n) is 2.65. The van der Waals surface area contributed by atoms with Crippen LogP contribution in [0, 0.1) is 5.92 Å². The molecule has 24 heavy (non-hydrogen) atoms. The van der Waals surface area contributed by atoms with Crippen molar-refractivity contribution in [2.45, 2.75) is 32.4 Å². The zero-order valence-corrected chi connectivity index (χ0v) is 15.0. The van der Waals surface area contributed by atoms with E-state index in [0.29, 0.717) is 25.6 Å². The maximum absolute atomic E-state index is 11.7. The van der Waals surface area contributed by atoms with Crippen LogP contribution < -0.4 is 10.6 Å². The number of hydrogen-bond acceptors (Lipinski definition) is 4. The van der Waals surface area contributed by atoms with Crippen molar-refractivity contribution in [2.24, 2.45) is 18.0 Å². The summed E-state index contributed by atoms with van der Waals surface area (Å²) in [5.74, 6) is 1.30. The maximum Gasteiger partial charge on any atom is 0.407 e. The van der Waals surface area contributed by atoms with Gasteiger partial charge in [0.1, 0.15) is 0 Å². The lowest BCUT2D eigenvalue weighted by molar-refractivity contribution is 0.146. The topological polar surface area (TPSA) is 83.8 Å². The van der Waals surface area contributed by atoms with E-state index in [0.717, 1.165) is 24.4 Å². The first-order valence-corrected chi connectivity index (χ1v) is 8.36. The zero-order chi connectivity index (χ0) is 17.5. The molecule has 1 atom stereocenters. The summed E-state index contributed by atoms with van der Waals surface area (Å²) in [6, 6.07) is 0.0626. The summed E-state index contributed by atoms with van der Waals surface area (Å²) in [5, 5.41) is 10.5. The van der Waals surface area contributed by atoms with Gasteiger partial charge in [0.15, 0.2) is 5.96 Å². The van der Waals surface area contributed by atoms with E-state index in [1.165, 1.54) is 0 Å². The average Bonchev–Trinajstić information content (AvgIpc) is 3.30. The molecule has 134 valence electrons. The van der Waals surface area contributed by atoms with E-state index >= 15 is 0 Å². The molecule has 2 rings (SSSR count).